The molecule has 2 aromatic carbocycles. The second-order valence-corrected chi connectivity index (χ2v) is 5.83. The van der Waals surface area contributed by atoms with Crippen LogP contribution in [0.4, 0.5) is 5.69 Å². The zero-order valence-electron chi connectivity index (χ0n) is 13.6. The summed E-state index contributed by atoms with van der Waals surface area (Å²) in [5.74, 6) is 0.867. The summed E-state index contributed by atoms with van der Waals surface area (Å²) in [4.78, 5) is 13.9. The SMILES string of the molecule is CN(CCCOc1ccc(Cl)cc1)C(=O)Cc1ccc(N)cc1.Cl. The van der Waals surface area contributed by atoms with Gasteiger partial charge in [-0.05, 0) is 48.4 Å². The van der Waals surface area contributed by atoms with Gasteiger partial charge in [-0.15, -0.1) is 12.4 Å². The van der Waals surface area contributed by atoms with Crippen molar-refractivity contribution < 1.29 is 9.53 Å². The second-order valence-electron chi connectivity index (χ2n) is 5.39. The number of nitrogens with zero attached hydrogens (tertiary/aromatic N) is 1. The molecule has 0 unspecified atom stereocenters. The molecule has 2 rings (SSSR count). The van der Waals surface area contributed by atoms with Crippen LogP contribution in [0.15, 0.2) is 48.5 Å². The number of rotatable bonds is 7. The van der Waals surface area contributed by atoms with Gasteiger partial charge in [0.15, 0.2) is 0 Å². The van der Waals surface area contributed by atoms with Gasteiger partial charge >= 0.3 is 0 Å². The lowest BCUT2D eigenvalue weighted by Crippen LogP contribution is -2.30. The highest BCUT2D eigenvalue weighted by Gasteiger charge is 2.09. The lowest BCUT2D eigenvalue weighted by Gasteiger charge is -2.17. The van der Waals surface area contributed by atoms with Gasteiger partial charge in [-0.1, -0.05) is 23.7 Å². The molecule has 0 heterocycles. The molecule has 1 amide bonds. The summed E-state index contributed by atoms with van der Waals surface area (Å²) in [7, 11) is 1.81. The number of nitrogen functional groups attached to an aromatic ring is 1. The number of carbonyl (C=O) groups excluding carboxylic acids is 1. The van der Waals surface area contributed by atoms with Gasteiger partial charge in [0.05, 0.1) is 13.0 Å². The molecule has 0 spiro atoms. The first-order chi connectivity index (χ1) is 11.0. The van der Waals surface area contributed by atoms with Crippen LogP contribution in [0.25, 0.3) is 0 Å². The van der Waals surface area contributed by atoms with E-state index >= 15 is 0 Å². The average molecular weight is 369 g/mol. The molecule has 0 saturated heterocycles. The summed E-state index contributed by atoms with van der Waals surface area (Å²) in [6.45, 7) is 1.21. The van der Waals surface area contributed by atoms with Crippen molar-refractivity contribution in [1.82, 2.24) is 4.90 Å². The highest BCUT2D eigenvalue weighted by molar-refractivity contribution is 6.30. The number of anilines is 1. The zero-order valence-corrected chi connectivity index (χ0v) is 15.1. The Morgan fingerprint density at radius 1 is 1.12 bits per heavy atom. The first-order valence-corrected chi connectivity index (χ1v) is 7.89. The van der Waals surface area contributed by atoms with Crippen molar-refractivity contribution in [3.63, 3.8) is 0 Å². The largest absolute Gasteiger partial charge is 0.494 e. The summed E-state index contributed by atoms with van der Waals surface area (Å²) in [5.41, 5.74) is 7.31. The fraction of sp³-hybridized carbons (Fsp3) is 0.278. The van der Waals surface area contributed by atoms with Crippen LogP contribution in [-0.2, 0) is 11.2 Å². The Labute approximate surface area is 154 Å². The number of hydrogen-bond acceptors (Lipinski definition) is 3. The van der Waals surface area contributed by atoms with E-state index in [0.717, 1.165) is 17.7 Å². The standard InChI is InChI=1S/C18H21ClN2O2.ClH/c1-21(18(22)13-14-3-7-16(20)8-4-14)11-2-12-23-17-9-5-15(19)6-10-17;/h3-10H,2,11-13,20H2,1H3;1H. The second kappa shape index (κ2) is 10.1. The lowest BCUT2D eigenvalue weighted by atomic mass is 10.1. The molecular weight excluding hydrogens is 347 g/mol. The molecule has 130 valence electrons. The highest BCUT2D eigenvalue weighted by atomic mass is 35.5. The molecule has 0 aromatic heterocycles. The number of amides is 1. The van der Waals surface area contributed by atoms with Crippen LogP contribution in [0.2, 0.25) is 5.02 Å². The van der Waals surface area contributed by atoms with E-state index in [0.29, 0.717) is 30.3 Å². The van der Waals surface area contributed by atoms with Crippen LogP contribution in [0.1, 0.15) is 12.0 Å². The molecule has 0 aliphatic rings. The fourth-order valence-corrected chi connectivity index (χ4v) is 2.22. The van der Waals surface area contributed by atoms with E-state index in [2.05, 4.69) is 0 Å². The van der Waals surface area contributed by atoms with Crippen LogP contribution < -0.4 is 10.5 Å². The fourth-order valence-electron chi connectivity index (χ4n) is 2.09. The molecule has 0 fully saturated rings. The number of likely N-dealkylation sites (N-methyl/N-ethyl adjacent to an activating group) is 1. The quantitative estimate of drug-likeness (QED) is 0.596. The summed E-state index contributed by atoms with van der Waals surface area (Å²) in [5, 5.41) is 0.686. The van der Waals surface area contributed by atoms with Crippen molar-refractivity contribution in [2.75, 3.05) is 25.9 Å². The molecule has 0 aliphatic carbocycles. The predicted molar refractivity (Wildman–Crippen MR) is 101 cm³/mol. The maximum atomic E-state index is 12.1. The van der Waals surface area contributed by atoms with E-state index in [1.165, 1.54) is 0 Å². The van der Waals surface area contributed by atoms with E-state index in [-0.39, 0.29) is 18.3 Å². The van der Waals surface area contributed by atoms with Gasteiger partial charge in [-0.3, -0.25) is 4.79 Å². The third kappa shape index (κ3) is 6.69. The number of halogens is 2. The smallest absolute Gasteiger partial charge is 0.226 e. The maximum Gasteiger partial charge on any atom is 0.226 e. The summed E-state index contributed by atoms with van der Waals surface area (Å²) in [6.07, 6.45) is 1.15. The van der Waals surface area contributed by atoms with E-state index in [1.54, 1.807) is 17.0 Å². The number of hydrogen-bond donors (Lipinski definition) is 1. The summed E-state index contributed by atoms with van der Waals surface area (Å²) < 4.78 is 5.61. The van der Waals surface area contributed by atoms with Crippen molar-refractivity contribution >= 4 is 35.6 Å². The van der Waals surface area contributed by atoms with Gasteiger partial charge in [-0.2, -0.15) is 0 Å². The number of nitrogens with two attached hydrogens (primary N) is 1. The molecule has 4 nitrogen and oxygen atoms in total. The minimum Gasteiger partial charge on any atom is -0.494 e. The van der Waals surface area contributed by atoms with E-state index in [4.69, 9.17) is 22.1 Å². The Balaban J connectivity index is 0.00000288. The highest BCUT2D eigenvalue weighted by Crippen LogP contribution is 2.15. The monoisotopic (exact) mass is 368 g/mol. The molecule has 0 aliphatic heterocycles. The average Bonchev–Trinajstić information content (AvgIpc) is 2.55. The molecule has 0 saturated carbocycles. The Morgan fingerprint density at radius 2 is 1.75 bits per heavy atom. The molecule has 0 atom stereocenters. The Hall–Kier alpha value is -1.91. The van der Waals surface area contributed by atoms with Crippen molar-refractivity contribution in [3.05, 3.63) is 59.1 Å². The van der Waals surface area contributed by atoms with Crippen LogP contribution in [0.3, 0.4) is 0 Å². The van der Waals surface area contributed by atoms with Crippen molar-refractivity contribution in [2.24, 2.45) is 0 Å². The topological polar surface area (TPSA) is 55.6 Å². The van der Waals surface area contributed by atoms with Crippen LogP contribution in [0, 0.1) is 0 Å². The zero-order chi connectivity index (χ0) is 16.7. The van der Waals surface area contributed by atoms with Crippen LogP contribution in [-0.4, -0.2) is 31.0 Å². The first kappa shape index (κ1) is 20.1. The Morgan fingerprint density at radius 3 is 2.38 bits per heavy atom. The molecule has 6 heteroatoms. The third-order valence-corrected chi connectivity index (χ3v) is 3.73. The van der Waals surface area contributed by atoms with Crippen molar-refractivity contribution in [3.8, 4) is 5.75 Å². The molecule has 2 aromatic rings. The third-order valence-electron chi connectivity index (χ3n) is 3.48. The first-order valence-electron chi connectivity index (χ1n) is 7.51. The predicted octanol–water partition coefficient (Wildman–Crippen LogP) is 3.81. The van der Waals surface area contributed by atoms with Gasteiger partial charge in [0.2, 0.25) is 5.91 Å². The van der Waals surface area contributed by atoms with E-state index in [1.807, 2.05) is 43.4 Å². The molecule has 0 radical (unpaired) electrons. The van der Waals surface area contributed by atoms with Gasteiger partial charge in [0.25, 0.3) is 0 Å². The number of benzene rings is 2. The van der Waals surface area contributed by atoms with Gasteiger partial charge < -0.3 is 15.4 Å². The van der Waals surface area contributed by atoms with Crippen molar-refractivity contribution in [2.45, 2.75) is 12.8 Å². The van der Waals surface area contributed by atoms with Gasteiger partial charge in [-0.25, -0.2) is 0 Å². The maximum absolute atomic E-state index is 12.1. The Bertz CT molecular complexity index is 630. The Kier molecular flexibility index (Phi) is 8.44. The minimum absolute atomic E-state index is 0. The minimum atomic E-state index is 0. The summed E-state index contributed by atoms with van der Waals surface area (Å²) >= 11 is 5.82. The molecular formula is C18H22Cl2N2O2. The molecule has 2 N–H and O–H groups in total. The van der Waals surface area contributed by atoms with E-state index < -0.39 is 0 Å². The molecule has 0 bridgehead atoms. The molecule has 24 heavy (non-hydrogen) atoms. The van der Waals surface area contributed by atoms with Gasteiger partial charge in [0.1, 0.15) is 5.75 Å². The van der Waals surface area contributed by atoms with Crippen LogP contribution in [0.5, 0.6) is 5.75 Å². The number of ether oxygens (including phenoxy) is 1. The normalized spacial score (nSPS) is 9.92. The number of carbonyl (C=O) groups is 1. The summed E-state index contributed by atoms with van der Waals surface area (Å²) in [6, 6.07) is 14.6. The van der Waals surface area contributed by atoms with E-state index in [9.17, 15) is 4.79 Å². The lowest BCUT2D eigenvalue weighted by molar-refractivity contribution is -0.129. The van der Waals surface area contributed by atoms with Gasteiger partial charge in [0, 0.05) is 24.3 Å². The van der Waals surface area contributed by atoms with Crippen molar-refractivity contribution in [1.29, 1.82) is 0 Å². The van der Waals surface area contributed by atoms with Crippen LogP contribution >= 0.6 is 24.0 Å².